The highest BCUT2D eigenvalue weighted by molar-refractivity contribution is 14.1. The van der Waals surface area contributed by atoms with Gasteiger partial charge in [0.25, 0.3) is 0 Å². The summed E-state index contributed by atoms with van der Waals surface area (Å²) >= 11 is 2.29. The number of nitrogens with zero attached hydrogens (tertiary/aromatic N) is 2. The number of alkyl halides is 1. The predicted molar refractivity (Wildman–Crippen MR) is 191 cm³/mol. The summed E-state index contributed by atoms with van der Waals surface area (Å²) in [6, 6.07) is -0.629. The third-order valence-electron chi connectivity index (χ3n) is 10.4. The highest BCUT2D eigenvalue weighted by Gasteiger charge is 2.47. The van der Waals surface area contributed by atoms with E-state index < -0.39 is 54.7 Å². The SMILES string of the molecule is CC[C@H]1OC(=O)C[C@@H](O)[C@H](C)[C@@H](O[C@@H]2O[C@H](C)[C@@H](O)[C@H](N(C)C)[C@H]2O)[C@@H](CCN2CCCCC2)C[C@@H](C)C(=O)/C=C/C(C)=C/[C@@H]1CI. The van der Waals surface area contributed by atoms with E-state index in [1.165, 1.54) is 6.42 Å². The van der Waals surface area contributed by atoms with Gasteiger partial charge in [0.2, 0.25) is 0 Å². The predicted octanol–water partition coefficient (Wildman–Crippen LogP) is 4.13. The van der Waals surface area contributed by atoms with E-state index in [1.807, 2.05) is 33.8 Å². The number of aliphatic hydroxyl groups is 3. The van der Waals surface area contributed by atoms with Crippen molar-refractivity contribution in [1.82, 2.24) is 9.80 Å². The largest absolute Gasteiger partial charge is 0.462 e. The molecular formula is C36H61IN2O8. The fourth-order valence-electron chi connectivity index (χ4n) is 7.36. The molecule has 2 saturated heterocycles. The highest BCUT2D eigenvalue weighted by Crippen LogP contribution is 2.35. The molecule has 2 fully saturated rings. The molecule has 12 atom stereocenters. The molecule has 3 aliphatic heterocycles. The minimum Gasteiger partial charge on any atom is -0.462 e. The maximum absolute atomic E-state index is 13.5. The van der Waals surface area contributed by atoms with Crippen LogP contribution < -0.4 is 0 Å². The number of aliphatic hydroxyl groups excluding tert-OH is 3. The van der Waals surface area contributed by atoms with E-state index in [9.17, 15) is 24.9 Å². The van der Waals surface area contributed by atoms with Gasteiger partial charge < -0.3 is 39.3 Å². The third kappa shape index (κ3) is 11.6. The van der Waals surface area contributed by atoms with E-state index in [0.29, 0.717) is 19.3 Å². The summed E-state index contributed by atoms with van der Waals surface area (Å²) < 4.78 is 19.5. The first-order valence-electron chi connectivity index (χ1n) is 17.7. The Morgan fingerprint density at radius 3 is 2.34 bits per heavy atom. The summed E-state index contributed by atoms with van der Waals surface area (Å²) in [6.45, 7) is 12.3. The quantitative estimate of drug-likeness (QED) is 0.188. The molecule has 0 aromatic carbocycles. The number of carbonyl (C=O) groups is 2. The van der Waals surface area contributed by atoms with Crippen LogP contribution in [0.2, 0.25) is 0 Å². The normalized spacial score (nSPS) is 40.9. The van der Waals surface area contributed by atoms with Crippen molar-refractivity contribution < 1.29 is 39.1 Å². The number of halogens is 1. The summed E-state index contributed by atoms with van der Waals surface area (Å²) in [5, 5.41) is 33.9. The average molecular weight is 777 g/mol. The molecule has 0 bridgehead atoms. The molecule has 3 rings (SSSR count). The van der Waals surface area contributed by atoms with Gasteiger partial charge in [-0.15, -0.1) is 0 Å². The number of rotatable bonds is 8. The fourth-order valence-corrected chi connectivity index (χ4v) is 8.18. The van der Waals surface area contributed by atoms with Gasteiger partial charge in [0, 0.05) is 22.2 Å². The zero-order chi connectivity index (χ0) is 34.8. The Hall–Kier alpha value is -0.930. The van der Waals surface area contributed by atoms with Crippen molar-refractivity contribution in [1.29, 1.82) is 0 Å². The number of likely N-dealkylation sites (tertiary alicyclic amines) is 1. The second kappa shape index (κ2) is 19.5. The van der Waals surface area contributed by atoms with Gasteiger partial charge >= 0.3 is 5.97 Å². The van der Waals surface area contributed by atoms with Gasteiger partial charge in [0.1, 0.15) is 12.2 Å². The molecule has 47 heavy (non-hydrogen) atoms. The first-order valence-corrected chi connectivity index (χ1v) is 19.2. The highest BCUT2D eigenvalue weighted by atomic mass is 127. The lowest BCUT2D eigenvalue weighted by molar-refractivity contribution is -0.304. The van der Waals surface area contributed by atoms with Crippen molar-refractivity contribution >= 4 is 34.3 Å². The summed E-state index contributed by atoms with van der Waals surface area (Å²) in [6.07, 6.45) is 4.81. The van der Waals surface area contributed by atoms with Crippen molar-refractivity contribution in [3.05, 3.63) is 23.8 Å². The summed E-state index contributed by atoms with van der Waals surface area (Å²) in [7, 11) is 3.59. The van der Waals surface area contributed by atoms with Crippen LogP contribution in [0.15, 0.2) is 23.8 Å². The number of cyclic esters (lactones) is 1. The van der Waals surface area contributed by atoms with E-state index in [2.05, 4.69) is 33.6 Å². The molecule has 3 heterocycles. The molecule has 0 radical (unpaired) electrons. The van der Waals surface area contributed by atoms with Crippen LogP contribution in [-0.4, -0.2) is 124 Å². The smallest absolute Gasteiger partial charge is 0.308 e. The lowest BCUT2D eigenvalue weighted by atomic mass is 9.79. The molecule has 0 aromatic rings. The molecule has 0 unspecified atom stereocenters. The molecule has 0 aliphatic carbocycles. The molecule has 3 N–H and O–H groups in total. The van der Waals surface area contributed by atoms with Crippen LogP contribution in [0.25, 0.3) is 0 Å². The van der Waals surface area contributed by atoms with Gasteiger partial charge in [-0.1, -0.05) is 67.5 Å². The number of hydrogen-bond donors (Lipinski definition) is 3. The van der Waals surface area contributed by atoms with Crippen LogP contribution in [0.4, 0.5) is 0 Å². The van der Waals surface area contributed by atoms with Crippen LogP contribution in [-0.2, 0) is 23.8 Å². The topological polar surface area (TPSA) is 129 Å². The second-order valence-electron chi connectivity index (χ2n) is 14.4. The van der Waals surface area contributed by atoms with E-state index in [-0.39, 0.29) is 36.1 Å². The Bertz CT molecular complexity index is 1050. The van der Waals surface area contributed by atoms with Crippen LogP contribution in [0.3, 0.4) is 0 Å². The molecule has 11 heteroatoms. The Labute approximate surface area is 296 Å². The van der Waals surface area contributed by atoms with Crippen molar-refractivity contribution in [3.63, 3.8) is 0 Å². The van der Waals surface area contributed by atoms with Gasteiger partial charge in [-0.2, -0.15) is 0 Å². The maximum Gasteiger partial charge on any atom is 0.308 e. The molecule has 10 nitrogen and oxygen atoms in total. The Kier molecular flexibility index (Phi) is 16.8. The van der Waals surface area contributed by atoms with Gasteiger partial charge in [-0.3, -0.25) is 9.59 Å². The number of allylic oxidation sites excluding steroid dienone is 3. The van der Waals surface area contributed by atoms with E-state index in [4.69, 9.17) is 14.2 Å². The fraction of sp³-hybridized carbons (Fsp3) is 0.833. The number of ether oxygens (including phenoxy) is 3. The Morgan fingerprint density at radius 2 is 1.72 bits per heavy atom. The van der Waals surface area contributed by atoms with Crippen molar-refractivity contribution in [2.24, 2.45) is 23.7 Å². The van der Waals surface area contributed by atoms with Crippen LogP contribution in [0.5, 0.6) is 0 Å². The molecule has 270 valence electrons. The first kappa shape index (κ1) is 40.5. The van der Waals surface area contributed by atoms with Gasteiger partial charge in [-0.05, 0) is 91.7 Å². The van der Waals surface area contributed by atoms with Gasteiger partial charge in [-0.25, -0.2) is 0 Å². The number of esters is 1. The van der Waals surface area contributed by atoms with Gasteiger partial charge in [0.05, 0.1) is 36.9 Å². The molecule has 0 aromatic heterocycles. The summed E-state index contributed by atoms with van der Waals surface area (Å²) in [5.41, 5.74) is 0.931. The maximum atomic E-state index is 13.5. The molecular weight excluding hydrogens is 715 g/mol. The molecule has 0 amide bonds. The zero-order valence-corrected chi connectivity index (χ0v) is 31.8. The van der Waals surface area contributed by atoms with Gasteiger partial charge in [0.15, 0.2) is 12.1 Å². The van der Waals surface area contributed by atoms with Crippen LogP contribution >= 0.6 is 22.6 Å². The Morgan fingerprint density at radius 1 is 1.04 bits per heavy atom. The summed E-state index contributed by atoms with van der Waals surface area (Å²) in [5.74, 6) is -1.57. The lowest BCUT2D eigenvalue weighted by Gasteiger charge is -2.47. The lowest BCUT2D eigenvalue weighted by Crippen LogP contribution is -2.63. The van der Waals surface area contributed by atoms with Crippen molar-refractivity contribution in [3.8, 4) is 0 Å². The number of ketones is 1. The standard InChI is InChI=1S/C36H61IN2O8/c1-8-30-27(21-37)18-22(2)12-13-28(40)23(3)19-26(14-17-39-15-10-9-11-16-39)35(24(4)29(41)20-31(42)46-30)47-36-34(44)32(38(6)7)33(43)25(5)45-36/h12-13,18,23-27,29-30,32-36,41,43-44H,8-11,14-17,19-21H2,1-7H3/b13-12+,22-18+/t23-,24+,25-,26+,27-,29-,30-,32+,33-,34-,35-,36+/m1/s1. The zero-order valence-electron chi connectivity index (χ0n) is 29.6. The van der Waals surface area contributed by atoms with Crippen LogP contribution in [0.1, 0.15) is 79.6 Å². The van der Waals surface area contributed by atoms with Crippen molar-refractivity contribution in [2.75, 3.05) is 38.2 Å². The molecule has 0 saturated carbocycles. The third-order valence-corrected chi connectivity index (χ3v) is 11.4. The summed E-state index contributed by atoms with van der Waals surface area (Å²) in [4.78, 5) is 31.0. The van der Waals surface area contributed by atoms with Crippen molar-refractivity contribution in [2.45, 2.75) is 129 Å². The number of likely N-dealkylation sites (N-methyl/N-ethyl adjacent to an activating group) is 1. The first-order chi connectivity index (χ1) is 22.3. The molecule has 3 aliphatic rings. The number of carbonyl (C=O) groups excluding carboxylic acids is 2. The number of piperidine rings is 1. The average Bonchev–Trinajstić information content (AvgIpc) is 3.04. The number of hydrogen-bond acceptors (Lipinski definition) is 10. The minimum absolute atomic E-state index is 0.0163. The monoisotopic (exact) mass is 776 g/mol. The van der Waals surface area contributed by atoms with Crippen LogP contribution in [0, 0.1) is 23.7 Å². The second-order valence-corrected chi connectivity index (χ2v) is 15.2. The van der Waals surface area contributed by atoms with E-state index in [0.717, 1.165) is 42.5 Å². The van der Waals surface area contributed by atoms with E-state index >= 15 is 0 Å². The Balaban J connectivity index is 2.02. The van der Waals surface area contributed by atoms with E-state index in [1.54, 1.807) is 32.0 Å². The minimum atomic E-state index is -1.17. The molecule has 0 spiro atoms.